The third kappa shape index (κ3) is 2.20. The third-order valence-corrected chi connectivity index (χ3v) is 3.74. The van der Waals surface area contributed by atoms with E-state index in [4.69, 9.17) is 0 Å². The molecular formula is C14H18O3. The zero-order chi connectivity index (χ0) is 12.3. The molecule has 0 spiro atoms. The minimum atomic E-state index is -1.72. The Morgan fingerprint density at radius 2 is 1.71 bits per heavy atom. The molecule has 1 aromatic rings. The lowest BCUT2D eigenvalue weighted by Gasteiger charge is -2.35. The molecule has 1 fully saturated rings. The molecule has 1 aliphatic rings. The van der Waals surface area contributed by atoms with Gasteiger partial charge in [0.25, 0.3) is 0 Å². The van der Waals surface area contributed by atoms with Gasteiger partial charge in [-0.3, -0.25) is 0 Å². The molecule has 17 heavy (non-hydrogen) atoms. The Labute approximate surface area is 101 Å². The van der Waals surface area contributed by atoms with Crippen LogP contribution in [-0.2, 0) is 10.4 Å². The van der Waals surface area contributed by atoms with Crippen LogP contribution in [0.25, 0.3) is 0 Å². The maximum Gasteiger partial charge on any atom is 0.340 e. The fraction of sp³-hybridized carbons (Fsp3) is 0.500. The first-order valence-corrected chi connectivity index (χ1v) is 6.17. The van der Waals surface area contributed by atoms with Crippen molar-refractivity contribution in [2.45, 2.75) is 37.7 Å². The average Bonchev–Trinajstić information content (AvgIpc) is 2.39. The quantitative estimate of drug-likeness (QED) is 0.845. The van der Waals surface area contributed by atoms with E-state index in [2.05, 4.69) is 0 Å². The van der Waals surface area contributed by atoms with E-state index in [1.54, 1.807) is 24.3 Å². The standard InChI is InChI=1S/C14H18O3/c15-13(16)14(17,11-7-3-1-4-8-11)12-9-5-2-6-10-12/h1,3-4,7-8,12,17H,2,5-6,9-10H2,(H,15,16)/t14-/m1/s1. The van der Waals surface area contributed by atoms with Crippen LogP contribution in [0.3, 0.4) is 0 Å². The summed E-state index contributed by atoms with van der Waals surface area (Å²) in [5.41, 5.74) is -1.22. The van der Waals surface area contributed by atoms with Crippen molar-refractivity contribution in [1.29, 1.82) is 0 Å². The van der Waals surface area contributed by atoms with Crippen LogP contribution in [0.1, 0.15) is 37.7 Å². The lowest BCUT2D eigenvalue weighted by atomic mass is 9.73. The number of hydrogen-bond acceptors (Lipinski definition) is 2. The fourth-order valence-electron chi connectivity index (χ4n) is 2.75. The zero-order valence-electron chi connectivity index (χ0n) is 9.80. The van der Waals surface area contributed by atoms with Crippen LogP contribution in [0.5, 0.6) is 0 Å². The van der Waals surface area contributed by atoms with Crippen LogP contribution in [-0.4, -0.2) is 16.2 Å². The Hall–Kier alpha value is -1.35. The molecule has 0 aromatic heterocycles. The summed E-state index contributed by atoms with van der Waals surface area (Å²) in [4.78, 5) is 11.5. The number of hydrogen-bond donors (Lipinski definition) is 2. The Balaban J connectivity index is 2.35. The third-order valence-electron chi connectivity index (χ3n) is 3.74. The van der Waals surface area contributed by atoms with Gasteiger partial charge in [-0.2, -0.15) is 0 Å². The van der Waals surface area contributed by atoms with E-state index in [-0.39, 0.29) is 5.92 Å². The van der Waals surface area contributed by atoms with Crippen molar-refractivity contribution >= 4 is 5.97 Å². The summed E-state index contributed by atoms with van der Waals surface area (Å²) in [5, 5.41) is 20.0. The number of carboxylic acid groups (broad SMARTS) is 1. The Morgan fingerprint density at radius 1 is 1.12 bits per heavy atom. The molecule has 0 bridgehead atoms. The lowest BCUT2D eigenvalue weighted by molar-refractivity contribution is -0.168. The molecular weight excluding hydrogens is 216 g/mol. The molecule has 0 amide bonds. The number of aliphatic carboxylic acids is 1. The number of rotatable bonds is 3. The first-order valence-electron chi connectivity index (χ1n) is 6.17. The highest BCUT2D eigenvalue weighted by Crippen LogP contribution is 2.39. The highest BCUT2D eigenvalue weighted by atomic mass is 16.4. The normalized spacial score (nSPS) is 20.8. The van der Waals surface area contributed by atoms with Gasteiger partial charge in [-0.05, 0) is 18.4 Å². The molecule has 92 valence electrons. The molecule has 1 aliphatic carbocycles. The number of benzene rings is 1. The average molecular weight is 234 g/mol. The van der Waals surface area contributed by atoms with Crippen molar-refractivity contribution in [3.05, 3.63) is 35.9 Å². The van der Waals surface area contributed by atoms with Crippen LogP contribution in [0, 0.1) is 5.92 Å². The van der Waals surface area contributed by atoms with Gasteiger partial charge in [0.1, 0.15) is 0 Å². The monoisotopic (exact) mass is 234 g/mol. The maximum absolute atomic E-state index is 11.5. The minimum Gasteiger partial charge on any atom is -0.479 e. The van der Waals surface area contributed by atoms with E-state index in [0.29, 0.717) is 5.56 Å². The van der Waals surface area contributed by atoms with E-state index in [0.717, 1.165) is 32.1 Å². The minimum absolute atomic E-state index is 0.170. The molecule has 3 heteroatoms. The SMILES string of the molecule is O=C(O)[C@@](O)(c1ccccc1)C1CCCCC1. The molecule has 2 N–H and O–H groups in total. The first-order chi connectivity index (χ1) is 8.15. The Kier molecular flexibility index (Phi) is 3.48. The van der Waals surface area contributed by atoms with Gasteiger partial charge in [0.2, 0.25) is 0 Å². The molecule has 0 heterocycles. The van der Waals surface area contributed by atoms with Crippen molar-refractivity contribution in [3.8, 4) is 0 Å². The highest BCUT2D eigenvalue weighted by Gasteiger charge is 2.45. The van der Waals surface area contributed by atoms with E-state index in [1.807, 2.05) is 6.07 Å². The van der Waals surface area contributed by atoms with Crippen molar-refractivity contribution < 1.29 is 15.0 Å². The molecule has 1 saturated carbocycles. The van der Waals surface area contributed by atoms with Gasteiger partial charge in [0, 0.05) is 5.92 Å². The predicted octanol–water partition coefficient (Wildman–Crippen LogP) is 2.54. The lowest BCUT2D eigenvalue weighted by Crippen LogP contribution is -2.43. The number of carboxylic acids is 1. The molecule has 0 radical (unpaired) electrons. The van der Waals surface area contributed by atoms with Gasteiger partial charge in [0.05, 0.1) is 0 Å². The summed E-state index contributed by atoms with van der Waals surface area (Å²) in [6.45, 7) is 0. The summed E-state index contributed by atoms with van der Waals surface area (Å²) in [6, 6.07) is 8.76. The molecule has 0 unspecified atom stereocenters. The summed E-state index contributed by atoms with van der Waals surface area (Å²) >= 11 is 0. The van der Waals surface area contributed by atoms with Crippen LogP contribution in [0.2, 0.25) is 0 Å². The Morgan fingerprint density at radius 3 is 2.24 bits per heavy atom. The second-order valence-electron chi connectivity index (χ2n) is 4.77. The highest BCUT2D eigenvalue weighted by molar-refractivity contribution is 5.79. The van der Waals surface area contributed by atoms with Crippen LogP contribution in [0.4, 0.5) is 0 Å². The summed E-state index contributed by atoms with van der Waals surface area (Å²) in [7, 11) is 0. The molecule has 1 atom stereocenters. The summed E-state index contributed by atoms with van der Waals surface area (Å²) in [6.07, 6.45) is 4.73. The molecule has 2 rings (SSSR count). The van der Waals surface area contributed by atoms with Crippen molar-refractivity contribution in [2.75, 3.05) is 0 Å². The van der Waals surface area contributed by atoms with Crippen molar-refractivity contribution in [1.82, 2.24) is 0 Å². The van der Waals surface area contributed by atoms with Gasteiger partial charge in [-0.15, -0.1) is 0 Å². The summed E-state index contributed by atoms with van der Waals surface area (Å²) < 4.78 is 0. The Bertz CT molecular complexity index is 382. The van der Waals surface area contributed by atoms with E-state index in [9.17, 15) is 15.0 Å². The van der Waals surface area contributed by atoms with Gasteiger partial charge in [-0.25, -0.2) is 4.79 Å². The molecule has 0 aliphatic heterocycles. The van der Waals surface area contributed by atoms with Crippen LogP contribution >= 0.6 is 0 Å². The van der Waals surface area contributed by atoms with Crippen LogP contribution < -0.4 is 0 Å². The largest absolute Gasteiger partial charge is 0.479 e. The summed E-state index contributed by atoms with van der Waals surface area (Å²) in [5.74, 6) is -1.30. The number of carbonyl (C=O) groups is 1. The smallest absolute Gasteiger partial charge is 0.340 e. The second kappa shape index (κ2) is 4.88. The molecule has 3 nitrogen and oxygen atoms in total. The second-order valence-corrected chi connectivity index (χ2v) is 4.77. The van der Waals surface area contributed by atoms with Gasteiger partial charge < -0.3 is 10.2 Å². The fourth-order valence-corrected chi connectivity index (χ4v) is 2.75. The van der Waals surface area contributed by atoms with E-state index >= 15 is 0 Å². The molecule has 0 saturated heterocycles. The maximum atomic E-state index is 11.5. The first kappa shape index (κ1) is 12.1. The topological polar surface area (TPSA) is 57.5 Å². The number of aliphatic hydroxyl groups is 1. The van der Waals surface area contributed by atoms with Gasteiger partial charge >= 0.3 is 5.97 Å². The predicted molar refractivity (Wildman–Crippen MR) is 64.5 cm³/mol. The van der Waals surface area contributed by atoms with E-state index in [1.165, 1.54) is 0 Å². The zero-order valence-corrected chi connectivity index (χ0v) is 9.80. The van der Waals surface area contributed by atoms with E-state index < -0.39 is 11.6 Å². The van der Waals surface area contributed by atoms with Gasteiger partial charge in [0.15, 0.2) is 5.60 Å². The van der Waals surface area contributed by atoms with Crippen molar-refractivity contribution in [2.24, 2.45) is 5.92 Å². The van der Waals surface area contributed by atoms with Crippen LogP contribution in [0.15, 0.2) is 30.3 Å². The van der Waals surface area contributed by atoms with Crippen molar-refractivity contribution in [3.63, 3.8) is 0 Å². The molecule has 1 aromatic carbocycles. The van der Waals surface area contributed by atoms with Gasteiger partial charge in [-0.1, -0.05) is 49.6 Å².